The molecule has 0 bridgehead atoms. The molecule has 1 aliphatic carbocycles. The quantitative estimate of drug-likeness (QED) is 0.877. The number of hydrogen-bond acceptors (Lipinski definition) is 2. The smallest absolute Gasteiger partial charge is 0.0847 e. The molecule has 1 N–H and O–H groups in total. The van der Waals surface area contributed by atoms with Crippen molar-refractivity contribution in [2.45, 2.75) is 33.1 Å². The predicted molar refractivity (Wildman–Crippen MR) is 71.4 cm³/mol. The molecule has 1 aromatic heterocycles. The number of rotatable bonds is 5. The van der Waals surface area contributed by atoms with Gasteiger partial charge < -0.3 is 5.32 Å². The summed E-state index contributed by atoms with van der Waals surface area (Å²) in [6.07, 6.45) is 3.72. The zero-order valence-electron chi connectivity index (χ0n) is 11.2. The third-order valence-electron chi connectivity index (χ3n) is 3.98. The first-order chi connectivity index (χ1) is 7.98. The second-order valence-corrected chi connectivity index (χ2v) is 5.98. The normalized spacial score (nSPS) is 19.4. The Morgan fingerprint density at radius 3 is 2.59 bits per heavy atom. The minimum atomic E-state index is 0.304. The molecule has 3 nitrogen and oxygen atoms in total. The number of halogens is 1. The number of aryl methyl sites for hydroxylation is 2. The van der Waals surface area contributed by atoms with Crippen LogP contribution in [0.15, 0.2) is 0 Å². The molecule has 96 valence electrons. The summed E-state index contributed by atoms with van der Waals surface area (Å²) >= 11 is 6.34. The van der Waals surface area contributed by atoms with Crippen molar-refractivity contribution in [1.29, 1.82) is 0 Å². The minimum Gasteiger partial charge on any atom is -0.319 e. The van der Waals surface area contributed by atoms with Gasteiger partial charge in [0.15, 0.2) is 0 Å². The van der Waals surface area contributed by atoms with Crippen LogP contribution in [0.3, 0.4) is 0 Å². The fourth-order valence-electron chi connectivity index (χ4n) is 2.79. The Balaban J connectivity index is 2.22. The van der Waals surface area contributed by atoms with Crippen LogP contribution in [-0.4, -0.2) is 23.4 Å². The molecule has 1 aromatic rings. The first-order valence-electron chi connectivity index (χ1n) is 6.30. The van der Waals surface area contributed by atoms with Gasteiger partial charge in [0.25, 0.3) is 0 Å². The summed E-state index contributed by atoms with van der Waals surface area (Å²) in [5.41, 5.74) is 2.42. The second-order valence-electron chi connectivity index (χ2n) is 5.61. The highest BCUT2D eigenvalue weighted by atomic mass is 35.5. The second kappa shape index (κ2) is 4.62. The Hall–Kier alpha value is -0.540. The molecule has 0 aliphatic heterocycles. The van der Waals surface area contributed by atoms with Crippen molar-refractivity contribution in [3.8, 4) is 0 Å². The Morgan fingerprint density at radius 2 is 2.18 bits per heavy atom. The zero-order valence-corrected chi connectivity index (χ0v) is 11.9. The number of aromatic nitrogens is 2. The van der Waals surface area contributed by atoms with Crippen molar-refractivity contribution in [3.05, 3.63) is 16.4 Å². The maximum Gasteiger partial charge on any atom is 0.0847 e. The highest BCUT2D eigenvalue weighted by molar-refractivity contribution is 6.31. The molecule has 1 aliphatic rings. The average Bonchev–Trinajstić information content (AvgIpc) is 3.05. The molecule has 1 heterocycles. The van der Waals surface area contributed by atoms with E-state index in [1.165, 1.54) is 18.5 Å². The standard InChI is InChI=1S/C13H22ClN3/c1-9-12(14)11(17(4)16-9)7-13(2,8-15-3)10-5-6-10/h10,15H,5-8H2,1-4H3. The molecule has 17 heavy (non-hydrogen) atoms. The van der Waals surface area contributed by atoms with E-state index in [0.717, 1.165) is 29.6 Å². The van der Waals surface area contributed by atoms with E-state index >= 15 is 0 Å². The van der Waals surface area contributed by atoms with Crippen molar-refractivity contribution in [3.63, 3.8) is 0 Å². The fourth-order valence-corrected chi connectivity index (χ4v) is 3.02. The molecule has 2 rings (SSSR count). The average molecular weight is 256 g/mol. The van der Waals surface area contributed by atoms with Crippen LogP contribution in [0, 0.1) is 18.3 Å². The third kappa shape index (κ3) is 2.50. The molecule has 1 unspecified atom stereocenters. The van der Waals surface area contributed by atoms with Crippen molar-refractivity contribution >= 4 is 11.6 Å². The Kier molecular flexibility index (Phi) is 3.50. The summed E-state index contributed by atoms with van der Waals surface area (Å²) in [6.45, 7) is 5.37. The molecule has 0 radical (unpaired) electrons. The summed E-state index contributed by atoms with van der Waals surface area (Å²) < 4.78 is 1.94. The Labute approximate surface area is 109 Å². The van der Waals surface area contributed by atoms with Crippen LogP contribution in [0.1, 0.15) is 31.2 Å². The van der Waals surface area contributed by atoms with Gasteiger partial charge in [-0.1, -0.05) is 18.5 Å². The van der Waals surface area contributed by atoms with E-state index in [-0.39, 0.29) is 0 Å². The van der Waals surface area contributed by atoms with E-state index in [9.17, 15) is 0 Å². The molecule has 0 spiro atoms. The van der Waals surface area contributed by atoms with Gasteiger partial charge in [0.2, 0.25) is 0 Å². The van der Waals surface area contributed by atoms with Crippen LogP contribution in [0.2, 0.25) is 5.02 Å². The topological polar surface area (TPSA) is 29.9 Å². The molecule has 4 heteroatoms. The highest BCUT2D eigenvalue weighted by Crippen LogP contribution is 2.47. The first-order valence-corrected chi connectivity index (χ1v) is 6.68. The molecule has 1 saturated carbocycles. The van der Waals surface area contributed by atoms with Gasteiger partial charge in [0, 0.05) is 13.6 Å². The van der Waals surface area contributed by atoms with E-state index in [4.69, 9.17) is 11.6 Å². The van der Waals surface area contributed by atoms with Crippen LogP contribution in [0.4, 0.5) is 0 Å². The van der Waals surface area contributed by atoms with Gasteiger partial charge in [-0.05, 0) is 44.6 Å². The van der Waals surface area contributed by atoms with Crippen molar-refractivity contribution in [2.24, 2.45) is 18.4 Å². The van der Waals surface area contributed by atoms with Gasteiger partial charge in [-0.3, -0.25) is 4.68 Å². The lowest BCUT2D eigenvalue weighted by molar-refractivity contribution is 0.257. The van der Waals surface area contributed by atoms with Gasteiger partial charge >= 0.3 is 0 Å². The van der Waals surface area contributed by atoms with E-state index in [1.807, 2.05) is 25.7 Å². The maximum atomic E-state index is 6.34. The van der Waals surface area contributed by atoms with Crippen LogP contribution < -0.4 is 5.32 Å². The lowest BCUT2D eigenvalue weighted by Crippen LogP contribution is -2.34. The Bertz CT molecular complexity index is 409. The Morgan fingerprint density at radius 1 is 1.53 bits per heavy atom. The molecule has 0 amide bonds. The SMILES string of the molecule is CNCC(C)(Cc1c(Cl)c(C)nn1C)C1CC1. The predicted octanol–water partition coefficient (Wildman–Crippen LogP) is 2.56. The van der Waals surface area contributed by atoms with Crippen molar-refractivity contribution in [2.75, 3.05) is 13.6 Å². The van der Waals surface area contributed by atoms with E-state index < -0.39 is 0 Å². The van der Waals surface area contributed by atoms with Gasteiger partial charge in [0.1, 0.15) is 0 Å². The first kappa shape index (κ1) is 12.9. The largest absolute Gasteiger partial charge is 0.319 e. The molecule has 0 aromatic carbocycles. The highest BCUT2D eigenvalue weighted by Gasteiger charge is 2.41. The summed E-state index contributed by atoms with van der Waals surface area (Å²) in [6, 6.07) is 0. The van der Waals surface area contributed by atoms with Crippen LogP contribution in [0.5, 0.6) is 0 Å². The third-order valence-corrected chi connectivity index (χ3v) is 4.47. The molecular weight excluding hydrogens is 234 g/mol. The van der Waals surface area contributed by atoms with Gasteiger partial charge in [-0.2, -0.15) is 5.10 Å². The minimum absolute atomic E-state index is 0.304. The van der Waals surface area contributed by atoms with E-state index in [2.05, 4.69) is 17.3 Å². The summed E-state index contributed by atoms with van der Waals surface area (Å²) in [7, 11) is 4.01. The van der Waals surface area contributed by atoms with Gasteiger partial charge in [-0.15, -0.1) is 0 Å². The molecule has 0 saturated heterocycles. The maximum absolute atomic E-state index is 6.34. The fraction of sp³-hybridized carbons (Fsp3) is 0.769. The number of nitrogens with one attached hydrogen (secondary N) is 1. The van der Waals surface area contributed by atoms with Gasteiger partial charge in [0.05, 0.1) is 16.4 Å². The van der Waals surface area contributed by atoms with Crippen LogP contribution >= 0.6 is 11.6 Å². The lowest BCUT2D eigenvalue weighted by atomic mass is 9.80. The summed E-state index contributed by atoms with van der Waals surface area (Å²) in [4.78, 5) is 0. The molecule has 1 fully saturated rings. The van der Waals surface area contributed by atoms with Gasteiger partial charge in [-0.25, -0.2) is 0 Å². The van der Waals surface area contributed by atoms with Crippen LogP contribution in [-0.2, 0) is 13.5 Å². The van der Waals surface area contributed by atoms with Crippen LogP contribution in [0.25, 0.3) is 0 Å². The van der Waals surface area contributed by atoms with Crippen molar-refractivity contribution in [1.82, 2.24) is 15.1 Å². The lowest BCUT2D eigenvalue weighted by Gasteiger charge is -2.29. The molecular formula is C13H22ClN3. The summed E-state index contributed by atoms with van der Waals surface area (Å²) in [5.74, 6) is 0.834. The zero-order chi connectivity index (χ0) is 12.6. The molecule has 1 atom stereocenters. The summed E-state index contributed by atoms with van der Waals surface area (Å²) in [5, 5.41) is 8.56. The van der Waals surface area contributed by atoms with E-state index in [0.29, 0.717) is 5.41 Å². The monoisotopic (exact) mass is 255 g/mol. The number of hydrogen-bond donors (Lipinski definition) is 1. The van der Waals surface area contributed by atoms with Crippen molar-refractivity contribution < 1.29 is 0 Å². The van der Waals surface area contributed by atoms with E-state index in [1.54, 1.807) is 0 Å². The number of nitrogens with zero attached hydrogens (tertiary/aromatic N) is 2.